The second-order valence-electron chi connectivity index (χ2n) is 3.60. The number of esters is 1. The maximum Gasteiger partial charge on any atom is 0.316 e. The fraction of sp³-hybridized carbons (Fsp3) is 0.583. The third-order valence-electron chi connectivity index (χ3n) is 2.38. The van der Waals surface area contributed by atoms with Crippen molar-refractivity contribution >= 4 is 17.7 Å². The molecule has 5 heteroatoms. The highest BCUT2D eigenvalue weighted by molar-refractivity contribution is 7.99. The Morgan fingerprint density at radius 2 is 1.82 bits per heavy atom. The molecule has 0 bridgehead atoms. The van der Waals surface area contributed by atoms with Crippen molar-refractivity contribution in [3.63, 3.8) is 0 Å². The number of aromatic nitrogens is 2. The number of carbonyl (C=O) groups is 1. The van der Waals surface area contributed by atoms with Gasteiger partial charge in [-0.2, -0.15) is 0 Å². The van der Waals surface area contributed by atoms with Crippen molar-refractivity contribution in [1.29, 1.82) is 0 Å². The van der Waals surface area contributed by atoms with Crippen LogP contribution < -0.4 is 0 Å². The van der Waals surface area contributed by atoms with Crippen LogP contribution in [0.1, 0.15) is 30.8 Å². The van der Waals surface area contributed by atoms with Crippen LogP contribution in [0.5, 0.6) is 0 Å². The molecule has 0 unspecified atom stereocenters. The second-order valence-corrected chi connectivity index (χ2v) is 4.55. The lowest BCUT2D eigenvalue weighted by Crippen LogP contribution is -2.08. The van der Waals surface area contributed by atoms with Gasteiger partial charge in [0.15, 0.2) is 5.16 Å². The van der Waals surface area contributed by atoms with Crippen LogP contribution in [-0.2, 0) is 16.0 Å². The van der Waals surface area contributed by atoms with Crippen molar-refractivity contribution in [2.24, 2.45) is 0 Å². The highest BCUT2D eigenvalue weighted by Gasteiger charge is 2.09. The van der Waals surface area contributed by atoms with E-state index in [4.69, 9.17) is 4.74 Å². The van der Waals surface area contributed by atoms with Gasteiger partial charge in [-0.05, 0) is 32.8 Å². The maximum absolute atomic E-state index is 11.2. The van der Waals surface area contributed by atoms with E-state index >= 15 is 0 Å². The monoisotopic (exact) mass is 254 g/mol. The number of thioether (sulfide) groups is 1. The molecular weight excluding hydrogens is 236 g/mol. The lowest BCUT2D eigenvalue weighted by molar-refractivity contribution is -0.139. The Kier molecular flexibility index (Phi) is 5.41. The lowest BCUT2D eigenvalue weighted by Gasteiger charge is -2.08. The first-order valence-electron chi connectivity index (χ1n) is 5.71. The fourth-order valence-corrected chi connectivity index (χ4v) is 2.34. The number of rotatable bonds is 5. The molecule has 1 heterocycles. The summed E-state index contributed by atoms with van der Waals surface area (Å²) in [5, 5.41) is 0.644. The summed E-state index contributed by atoms with van der Waals surface area (Å²) in [6, 6.07) is 0. The Labute approximate surface area is 106 Å². The highest BCUT2D eigenvalue weighted by Crippen LogP contribution is 2.18. The zero-order valence-corrected chi connectivity index (χ0v) is 11.6. The van der Waals surface area contributed by atoms with Crippen molar-refractivity contribution in [1.82, 2.24) is 9.97 Å². The summed E-state index contributed by atoms with van der Waals surface area (Å²) in [7, 11) is 0. The van der Waals surface area contributed by atoms with Gasteiger partial charge in [-0.15, -0.1) is 0 Å². The van der Waals surface area contributed by atoms with Gasteiger partial charge >= 0.3 is 5.97 Å². The second kappa shape index (κ2) is 6.59. The molecule has 0 fully saturated rings. The first-order valence-corrected chi connectivity index (χ1v) is 6.69. The number of hydrogen-bond donors (Lipinski definition) is 0. The maximum atomic E-state index is 11.2. The normalized spacial score (nSPS) is 10.4. The van der Waals surface area contributed by atoms with Crippen LogP contribution in [0.4, 0.5) is 0 Å². The van der Waals surface area contributed by atoms with Gasteiger partial charge in [0.05, 0.1) is 12.4 Å². The zero-order valence-electron chi connectivity index (χ0n) is 10.7. The standard InChI is InChI=1S/C12H18N2O2S/c1-5-10-8(3)13-12(14-9(10)4)17-7-11(15)16-6-2/h5-7H2,1-4H3. The number of aryl methyl sites for hydroxylation is 2. The molecule has 0 atom stereocenters. The van der Waals surface area contributed by atoms with Crippen LogP contribution in [0.2, 0.25) is 0 Å². The van der Waals surface area contributed by atoms with Crippen molar-refractivity contribution in [2.75, 3.05) is 12.4 Å². The van der Waals surface area contributed by atoms with E-state index in [-0.39, 0.29) is 11.7 Å². The molecule has 0 saturated carbocycles. The predicted octanol–water partition coefficient (Wildman–Crippen LogP) is 2.31. The van der Waals surface area contributed by atoms with E-state index in [0.29, 0.717) is 11.8 Å². The lowest BCUT2D eigenvalue weighted by atomic mass is 10.1. The summed E-state index contributed by atoms with van der Waals surface area (Å²) < 4.78 is 4.85. The molecule has 0 aromatic carbocycles. The van der Waals surface area contributed by atoms with Crippen LogP contribution >= 0.6 is 11.8 Å². The number of nitrogens with zero attached hydrogens (tertiary/aromatic N) is 2. The predicted molar refractivity (Wildman–Crippen MR) is 68.2 cm³/mol. The largest absolute Gasteiger partial charge is 0.465 e. The molecule has 94 valence electrons. The minimum absolute atomic E-state index is 0.226. The van der Waals surface area contributed by atoms with Crippen molar-refractivity contribution in [2.45, 2.75) is 39.3 Å². The smallest absolute Gasteiger partial charge is 0.316 e. The summed E-state index contributed by atoms with van der Waals surface area (Å²) in [6.45, 7) is 8.24. The van der Waals surface area contributed by atoms with Crippen molar-refractivity contribution < 1.29 is 9.53 Å². The van der Waals surface area contributed by atoms with E-state index in [1.807, 2.05) is 13.8 Å². The van der Waals surface area contributed by atoms with E-state index in [1.165, 1.54) is 17.3 Å². The zero-order chi connectivity index (χ0) is 12.8. The molecule has 1 aromatic rings. The Morgan fingerprint density at radius 1 is 1.24 bits per heavy atom. The van der Waals surface area contributed by atoms with Crippen LogP contribution in [-0.4, -0.2) is 28.3 Å². The van der Waals surface area contributed by atoms with Crippen LogP contribution in [0.3, 0.4) is 0 Å². The van der Waals surface area contributed by atoms with Gasteiger partial charge < -0.3 is 4.74 Å². The fourth-order valence-electron chi connectivity index (χ4n) is 1.61. The third kappa shape index (κ3) is 4.00. The number of hydrogen-bond acceptors (Lipinski definition) is 5. The van der Waals surface area contributed by atoms with Gasteiger partial charge in [0.25, 0.3) is 0 Å². The van der Waals surface area contributed by atoms with E-state index < -0.39 is 0 Å². The van der Waals surface area contributed by atoms with Gasteiger partial charge in [-0.25, -0.2) is 9.97 Å². The number of ether oxygens (including phenoxy) is 1. The first-order chi connectivity index (χ1) is 8.08. The third-order valence-corrected chi connectivity index (χ3v) is 3.20. The Morgan fingerprint density at radius 3 is 2.29 bits per heavy atom. The number of carbonyl (C=O) groups excluding carboxylic acids is 1. The Hall–Kier alpha value is -1.10. The van der Waals surface area contributed by atoms with E-state index in [9.17, 15) is 4.79 Å². The molecule has 0 spiro atoms. The molecule has 17 heavy (non-hydrogen) atoms. The summed E-state index contributed by atoms with van der Waals surface area (Å²) in [6.07, 6.45) is 0.931. The quantitative estimate of drug-likeness (QED) is 0.458. The topological polar surface area (TPSA) is 52.1 Å². The van der Waals surface area contributed by atoms with Crippen LogP contribution in [0.25, 0.3) is 0 Å². The van der Waals surface area contributed by atoms with Gasteiger partial charge in [0, 0.05) is 11.4 Å². The van der Waals surface area contributed by atoms with E-state index in [1.54, 1.807) is 6.92 Å². The van der Waals surface area contributed by atoms with Gasteiger partial charge in [-0.3, -0.25) is 4.79 Å². The van der Waals surface area contributed by atoms with E-state index in [0.717, 1.165) is 17.8 Å². The molecule has 0 amide bonds. The average molecular weight is 254 g/mol. The minimum atomic E-state index is -0.226. The average Bonchev–Trinajstić information content (AvgIpc) is 2.26. The summed E-state index contributed by atoms with van der Waals surface area (Å²) in [5.74, 6) is 0.0361. The van der Waals surface area contributed by atoms with Gasteiger partial charge in [0.1, 0.15) is 0 Å². The summed E-state index contributed by atoms with van der Waals surface area (Å²) in [5.41, 5.74) is 3.17. The van der Waals surface area contributed by atoms with Crippen LogP contribution in [0.15, 0.2) is 5.16 Å². The molecule has 0 radical (unpaired) electrons. The first kappa shape index (κ1) is 14.0. The Bertz CT molecular complexity index is 384. The molecule has 0 aliphatic carbocycles. The van der Waals surface area contributed by atoms with Gasteiger partial charge in [0.2, 0.25) is 0 Å². The molecule has 0 N–H and O–H groups in total. The molecular formula is C12H18N2O2S. The van der Waals surface area contributed by atoms with E-state index in [2.05, 4.69) is 16.9 Å². The van der Waals surface area contributed by atoms with Crippen molar-refractivity contribution in [3.05, 3.63) is 17.0 Å². The molecule has 1 aromatic heterocycles. The SMILES string of the molecule is CCOC(=O)CSc1nc(C)c(CC)c(C)n1. The van der Waals surface area contributed by atoms with Gasteiger partial charge in [-0.1, -0.05) is 18.7 Å². The molecule has 0 saturated heterocycles. The Balaban J connectivity index is 2.70. The summed E-state index contributed by atoms with van der Waals surface area (Å²) >= 11 is 1.32. The molecule has 0 aliphatic heterocycles. The molecule has 1 rings (SSSR count). The highest BCUT2D eigenvalue weighted by atomic mass is 32.2. The minimum Gasteiger partial charge on any atom is -0.465 e. The van der Waals surface area contributed by atoms with Crippen LogP contribution in [0, 0.1) is 13.8 Å². The molecule has 4 nitrogen and oxygen atoms in total. The summed E-state index contributed by atoms with van der Waals surface area (Å²) in [4.78, 5) is 20.0. The molecule has 0 aliphatic rings. The van der Waals surface area contributed by atoms with Crippen molar-refractivity contribution in [3.8, 4) is 0 Å².